The molecule has 6 nitrogen and oxygen atoms in total. The van der Waals surface area contributed by atoms with Crippen LogP contribution in [0, 0.1) is 17.0 Å². The molecule has 1 rings (SSSR count). The highest BCUT2D eigenvalue weighted by Crippen LogP contribution is 2.28. The molecule has 0 aliphatic heterocycles. The number of esters is 1. The first-order chi connectivity index (χ1) is 8.38. The van der Waals surface area contributed by atoms with E-state index in [1.165, 1.54) is 13.8 Å². The fourth-order valence-electron chi connectivity index (χ4n) is 1.39. The van der Waals surface area contributed by atoms with Crippen molar-refractivity contribution >= 4 is 11.8 Å². The number of hydrogen-bond donors (Lipinski definition) is 0. The Balaban J connectivity index is 3.42. The number of halogens is 2. The van der Waals surface area contributed by atoms with Gasteiger partial charge >= 0.3 is 11.8 Å². The highest BCUT2D eigenvalue weighted by molar-refractivity contribution is 5.89. The summed E-state index contributed by atoms with van der Waals surface area (Å²) < 4.78 is 30.2. The second-order valence-corrected chi connectivity index (χ2v) is 3.34. The van der Waals surface area contributed by atoms with Crippen molar-refractivity contribution in [2.45, 2.75) is 20.3 Å². The second-order valence-electron chi connectivity index (χ2n) is 3.34. The molecule has 0 aromatic carbocycles. The van der Waals surface area contributed by atoms with Gasteiger partial charge in [0, 0.05) is 6.07 Å². The number of hydrogen-bond acceptors (Lipinski definition) is 5. The van der Waals surface area contributed by atoms with E-state index in [2.05, 4.69) is 9.72 Å². The number of nitrogens with zero attached hydrogens (tertiary/aromatic N) is 2. The van der Waals surface area contributed by atoms with E-state index in [1.54, 1.807) is 0 Å². The predicted octanol–water partition coefficient (Wildman–Crippen LogP) is 2.41. The quantitative estimate of drug-likeness (QED) is 0.471. The van der Waals surface area contributed by atoms with Gasteiger partial charge in [0.05, 0.1) is 12.2 Å². The van der Waals surface area contributed by atoms with Crippen molar-refractivity contribution in [2.24, 2.45) is 0 Å². The third-order valence-corrected chi connectivity index (χ3v) is 2.13. The normalized spacial score (nSPS) is 10.5. The summed E-state index contributed by atoms with van der Waals surface area (Å²) in [4.78, 5) is 24.5. The van der Waals surface area contributed by atoms with Crippen LogP contribution in [0.15, 0.2) is 6.07 Å². The maximum Gasteiger partial charge on any atom is 0.383 e. The molecule has 8 heteroatoms. The number of alkyl halides is 2. The summed E-state index contributed by atoms with van der Waals surface area (Å²) >= 11 is 0. The molecular weight excluding hydrogens is 250 g/mol. The molecule has 0 atom stereocenters. The molecule has 1 heterocycles. The Morgan fingerprint density at radius 1 is 1.61 bits per heavy atom. The average molecular weight is 260 g/mol. The highest BCUT2D eigenvalue weighted by atomic mass is 19.3. The Bertz CT molecular complexity index is 491. The number of carbonyl (C=O) groups excluding carboxylic acids is 1. The molecule has 0 unspecified atom stereocenters. The van der Waals surface area contributed by atoms with Gasteiger partial charge in [-0.3, -0.25) is 0 Å². The van der Waals surface area contributed by atoms with Gasteiger partial charge in [0.2, 0.25) is 0 Å². The number of nitro groups is 1. The summed E-state index contributed by atoms with van der Waals surface area (Å²) in [5, 5.41) is 10.6. The summed E-state index contributed by atoms with van der Waals surface area (Å²) in [5.74, 6) is -1.76. The van der Waals surface area contributed by atoms with Crippen molar-refractivity contribution in [3.8, 4) is 0 Å². The zero-order valence-electron chi connectivity index (χ0n) is 9.65. The number of aryl methyl sites for hydroxylation is 1. The van der Waals surface area contributed by atoms with Crippen molar-refractivity contribution in [1.82, 2.24) is 4.98 Å². The third kappa shape index (κ3) is 2.76. The lowest BCUT2D eigenvalue weighted by atomic mass is 10.1. The van der Waals surface area contributed by atoms with Crippen LogP contribution in [-0.4, -0.2) is 22.5 Å². The fraction of sp³-hybridized carbons (Fsp3) is 0.400. The van der Waals surface area contributed by atoms with E-state index in [-0.39, 0.29) is 12.2 Å². The SMILES string of the molecule is CCOC(=O)c1nc([N+](=O)[O-])cc(C)c1C(F)F. The molecule has 0 bridgehead atoms. The minimum Gasteiger partial charge on any atom is -0.460 e. The lowest BCUT2D eigenvalue weighted by molar-refractivity contribution is -0.389. The van der Waals surface area contributed by atoms with Gasteiger partial charge < -0.3 is 14.9 Å². The first-order valence-electron chi connectivity index (χ1n) is 4.99. The topological polar surface area (TPSA) is 82.3 Å². The van der Waals surface area contributed by atoms with Crippen molar-refractivity contribution in [3.05, 3.63) is 33.0 Å². The second kappa shape index (κ2) is 5.48. The molecule has 0 N–H and O–H groups in total. The molecule has 18 heavy (non-hydrogen) atoms. The van der Waals surface area contributed by atoms with Crippen LogP contribution in [0.5, 0.6) is 0 Å². The number of pyridine rings is 1. The fourth-order valence-corrected chi connectivity index (χ4v) is 1.39. The van der Waals surface area contributed by atoms with E-state index in [4.69, 9.17) is 0 Å². The summed E-state index contributed by atoms with van der Waals surface area (Å²) in [7, 11) is 0. The van der Waals surface area contributed by atoms with Gasteiger partial charge in [0.15, 0.2) is 0 Å². The van der Waals surface area contributed by atoms with Crippen LogP contribution in [0.25, 0.3) is 0 Å². The summed E-state index contributed by atoms with van der Waals surface area (Å²) in [6, 6.07) is 0.893. The Labute approximate surface area is 101 Å². The molecule has 0 radical (unpaired) electrons. The molecule has 0 saturated carbocycles. The molecule has 0 fully saturated rings. The maximum absolute atomic E-state index is 12.8. The molecule has 98 valence electrons. The van der Waals surface area contributed by atoms with Crippen LogP contribution in [0.1, 0.15) is 35.0 Å². The van der Waals surface area contributed by atoms with Gasteiger partial charge in [-0.25, -0.2) is 13.6 Å². The molecule has 1 aromatic heterocycles. The zero-order chi connectivity index (χ0) is 13.9. The third-order valence-electron chi connectivity index (χ3n) is 2.13. The van der Waals surface area contributed by atoms with Crippen LogP contribution < -0.4 is 0 Å². The minimum atomic E-state index is -2.96. The monoisotopic (exact) mass is 260 g/mol. The molecule has 0 aliphatic rings. The summed E-state index contributed by atoms with van der Waals surface area (Å²) in [5.41, 5.74) is -1.42. The van der Waals surface area contributed by atoms with Gasteiger partial charge in [0.1, 0.15) is 0 Å². The van der Waals surface area contributed by atoms with E-state index in [0.29, 0.717) is 0 Å². The van der Waals surface area contributed by atoms with Crippen LogP contribution in [0.3, 0.4) is 0 Å². The van der Waals surface area contributed by atoms with Crippen molar-refractivity contribution in [3.63, 3.8) is 0 Å². The smallest absolute Gasteiger partial charge is 0.383 e. The first kappa shape index (κ1) is 13.9. The van der Waals surface area contributed by atoms with Crippen molar-refractivity contribution in [2.75, 3.05) is 6.61 Å². The highest BCUT2D eigenvalue weighted by Gasteiger charge is 2.30. The van der Waals surface area contributed by atoms with Crippen molar-refractivity contribution < 1.29 is 23.2 Å². The first-order valence-corrected chi connectivity index (χ1v) is 4.99. The molecular formula is C10H10F2N2O4. The lowest BCUT2D eigenvalue weighted by Gasteiger charge is -2.07. The van der Waals surface area contributed by atoms with Gasteiger partial charge in [-0.05, 0) is 29.3 Å². The zero-order valence-corrected chi connectivity index (χ0v) is 9.65. The predicted molar refractivity (Wildman–Crippen MR) is 56.5 cm³/mol. The molecule has 0 aliphatic carbocycles. The Hall–Kier alpha value is -2.12. The van der Waals surface area contributed by atoms with Crippen LogP contribution in [-0.2, 0) is 4.74 Å². The summed E-state index contributed by atoms with van der Waals surface area (Å²) in [6.07, 6.45) is -2.96. The van der Waals surface area contributed by atoms with Crippen LogP contribution in [0.4, 0.5) is 14.6 Å². The maximum atomic E-state index is 12.8. The Morgan fingerprint density at radius 2 is 2.22 bits per heavy atom. The van der Waals surface area contributed by atoms with E-state index >= 15 is 0 Å². The van der Waals surface area contributed by atoms with E-state index in [9.17, 15) is 23.7 Å². The number of rotatable bonds is 4. The van der Waals surface area contributed by atoms with Gasteiger partial charge in [-0.2, -0.15) is 0 Å². The van der Waals surface area contributed by atoms with E-state index < -0.39 is 34.4 Å². The number of carbonyl (C=O) groups is 1. The van der Waals surface area contributed by atoms with Gasteiger partial charge in [-0.15, -0.1) is 0 Å². The van der Waals surface area contributed by atoms with E-state index in [1.807, 2.05) is 0 Å². The standard InChI is InChI=1S/C10H10F2N2O4/c1-3-18-10(15)8-7(9(11)12)5(2)4-6(13-8)14(16)17/h4,9H,3H2,1-2H3. The largest absolute Gasteiger partial charge is 0.460 e. The Kier molecular flexibility index (Phi) is 4.24. The summed E-state index contributed by atoms with van der Waals surface area (Å²) in [6.45, 7) is 2.70. The molecule has 0 amide bonds. The molecule has 0 spiro atoms. The van der Waals surface area contributed by atoms with Crippen LogP contribution in [0.2, 0.25) is 0 Å². The number of ether oxygens (including phenoxy) is 1. The lowest BCUT2D eigenvalue weighted by Crippen LogP contribution is -2.13. The Morgan fingerprint density at radius 3 is 2.67 bits per heavy atom. The van der Waals surface area contributed by atoms with Gasteiger partial charge in [0.25, 0.3) is 12.1 Å². The van der Waals surface area contributed by atoms with Gasteiger partial charge in [-0.1, -0.05) is 0 Å². The van der Waals surface area contributed by atoms with E-state index in [0.717, 1.165) is 6.07 Å². The van der Waals surface area contributed by atoms with Crippen LogP contribution >= 0.6 is 0 Å². The average Bonchev–Trinajstić information content (AvgIpc) is 2.27. The minimum absolute atomic E-state index is 0.0368. The number of aromatic nitrogens is 1. The van der Waals surface area contributed by atoms with Crippen molar-refractivity contribution in [1.29, 1.82) is 0 Å². The molecule has 1 aromatic rings. The molecule has 0 saturated heterocycles.